The minimum absolute atomic E-state index is 0.120. The lowest BCUT2D eigenvalue weighted by Gasteiger charge is -2.09. The number of hydrogen-bond donors (Lipinski definition) is 1. The second-order valence-corrected chi connectivity index (χ2v) is 5.46. The number of rotatable bonds is 4. The first kappa shape index (κ1) is 16.3. The van der Waals surface area contributed by atoms with E-state index in [0.29, 0.717) is 16.5 Å². The van der Waals surface area contributed by atoms with E-state index in [-0.39, 0.29) is 11.5 Å². The van der Waals surface area contributed by atoms with Crippen molar-refractivity contribution < 1.29 is 23.2 Å². The highest BCUT2D eigenvalue weighted by Crippen LogP contribution is 2.39. The third kappa shape index (κ3) is 3.77. The Balaban J connectivity index is 2.35. The van der Waals surface area contributed by atoms with Crippen molar-refractivity contribution in [2.45, 2.75) is 22.6 Å². The highest BCUT2D eigenvalue weighted by Gasteiger charge is 2.33. The van der Waals surface area contributed by atoms with E-state index >= 15 is 0 Å². The van der Waals surface area contributed by atoms with Gasteiger partial charge in [0.05, 0.1) is 22.0 Å². The molecule has 0 unspecified atom stereocenters. The molecule has 0 radical (unpaired) electrons. The number of aliphatic hydroxyl groups is 1. The molecule has 116 valence electrons. The minimum atomic E-state index is -4.63. The van der Waals surface area contributed by atoms with Gasteiger partial charge in [0.1, 0.15) is 0 Å². The maximum atomic E-state index is 12.6. The summed E-state index contributed by atoms with van der Waals surface area (Å²) < 4.78 is 37.9. The summed E-state index contributed by atoms with van der Waals surface area (Å²) in [4.78, 5) is 10.9. The van der Waals surface area contributed by atoms with E-state index in [1.807, 2.05) is 0 Å². The van der Waals surface area contributed by atoms with E-state index in [0.717, 1.165) is 23.9 Å². The molecule has 0 saturated carbocycles. The van der Waals surface area contributed by atoms with E-state index in [1.165, 1.54) is 0 Å². The standard InChI is InChI=1S/C14H10F3NO3S/c15-14(16,17)10-3-6-13(12(7-10)18(20)21)22-11-4-1-9(8-19)2-5-11/h1-7,19H,8H2. The molecule has 0 bridgehead atoms. The van der Waals surface area contributed by atoms with Crippen LogP contribution in [0.3, 0.4) is 0 Å². The number of nitro benzene ring substituents is 1. The molecule has 0 aliphatic rings. The summed E-state index contributed by atoms with van der Waals surface area (Å²) in [7, 11) is 0. The lowest BCUT2D eigenvalue weighted by atomic mass is 10.2. The Morgan fingerprint density at radius 2 is 1.77 bits per heavy atom. The Kier molecular flexibility index (Phi) is 4.72. The van der Waals surface area contributed by atoms with Gasteiger partial charge in [-0.3, -0.25) is 10.1 Å². The van der Waals surface area contributed by atoms with Gasteiger partial charge in [-0.1, -0.05) is 23.9 Å². The van der Waals surface area contributed by atoms with Gasteiger partial charge >= 0.3 is 6.18 Å². The molecule has 0 heterocycles. The zero-order valence-electron chi connectivity index (χ0n) is 11.0. The monoisotopic (exact) mass is 329 g/mol. The van der Waals surface area contributed by atoms with Crippen molar-refractivity contribution in [3.05, 3.63) is 63.7 Å². The van der Waals surface area contributed by atoms with Crippen molar-refractivity contribution in [1.82, 2.24) is 0 Å². The minimum Gasteiger partial charge on any atom is -0.392 e. The molecule has 4 nitrogen and oxygen atoms in total. The van der Waals surface area contributed by atoms with Gasteiger partial charge in [0.25, 0.3) is 5.69 Å². The second-order valence-electron chi connectivity index (χ2n) is 4.34. The first-order valence-electron chi connectivity index (χ1n) is 6.04. The first-order valence-corrected chi connectivity index (χ1v) is 6.86. The molecule has 0 spiro atoms. The Labute approximate surface area is 127 Å². The molecular weight excluding hydrogens is 319 g/mol. The van der Waals surface area contributed by atoms with Crippen molar-refractivity contribution >= 4 is 17.4 Å². The van der Waals surface area contributed by atoms with Crippen molar-refractivity contribution in [1.29, 1.82) is 0 Å². The Hall–Kier alpha value is -2.06. The summed E-state index contributed by atoms with van der Waals surface area (Å²) in [6, 6.07) is 8.99. The highest BCUT2D eigenvalue weighted by molar-refractivity contribution is 7.99. The molecule has 0 fully saturated rings. The summed E-state index contributed by atoms with van der Waals surface area (Å²) in [6.45, 7) is -0.134. The molecule has 1 N–H and O–H groups in total. The fourth-order valence-electron chi connectivity index (χ4n) is 1.71. The Morgan fingerprint density at radius 1 is 1.14 bits per heavy atom. The van der Waals surface area contributed by atoms with Crippen LogP contribution in [0.5, 0.6) is 0 Å². The quantitative estimate of drug-likeness (QED) is 0.672. The van der Waals surface area contributed by atoms with Gasteiger partial charge < -0.3 is 5.11 Å². The molecule has 8 heteroatoms. The molecule has 2 aromatic rings. The average Bonchev–Trinajstić information content (AvgIpc) is 2.47. The molecule has 0 atom stereocenters. The van der Waals surface area contributed by atoms with Crippen LogP contribution in [0, 0.1) is 10.1 Å². The van der Waals surface area contributed by atoms with E-state index in [1.54, 1.807) is 24.3 Å². The predicted molar refractivity (Wildman–Crippen MR) is 74.6 cm³/mol. The van der Waals surface area contributed by atoms with Crippen molar-refractivity contribution in [2.75, 3.05) is 0 Å². The number of hydrogen-bond acceptors (Lipinski definition) is 4. The number of nitro groups is 1. The van der Waals surface area contributed by atoms with Crippen molar-refractivity contribution in [3.8, 4) is 0 Å². The second kappa shape index (κ2) is 6.37. The zero-order valence-corrected chi connectivity index (χ0v) is 11.8. The molecule has 0 aliphatic carbocycles. The van der Waals surface area contributed by atoms with Gasteiger partial charge in [0.15, 0.2) is 0 Å². The fraction of sp³-hybridized carbons (Fsp3) is 0.143. The molecule has 0 aliphatic heterocycles. The van der Waals surface area contributed by atoms with Crippen LogP contribution in [-0.4, -0.2) is 10.0 Å². The van der Waals surface area contributed by atoms with Gasteiger partial charge in [0.2, 0.25) is 0 Å². The summed E-state index contributed by atoms with van der Waals surface area (Å²) in [5.74, 6) is 0. The van der Waals surface area contributed by atoms with Crippen LogP contribution in [-0.2, 0) is 12.8 Å². The first-order chi connectivity index (χ1) is 10.3. The lowest BCUT2D eigenvalue weighted by Crippen LogP contribution is -2.05. The van der Waals surface area contributed by atoms with Crippen LogP contribution in [0.1, 0.15) is 11.1 Å². The smallest absolute Gasteiger partial charge is 0.392 e. The number of benzene rings is 2. The summed E-state index contributed by atoms with van der Waals surface area (Å²) in [5, 5.41) is 19.9. The SMILES string of the molecule is O=[N+]([O-])c1cc(C(F)(F)F)ccc1Sc1ccc(CO)cc1. The van der Waals surface area contributed by atoms with Crippen molar-refractivity contribution in [2.24, 2.45) is 0 Å². The summed E-state index contributed by atoms with van der Waals surface area (Å²) in [6.07, 6.45) is -4.63. The van der Waals surface area contributed by atoms with Crippen LogP contribution in [0.2, 0.25) is 0 Å². The van der Waals surface area contributed by atoms with Gasteiger partial charge in [-0.15, -0.1) is 0 Å². The van der Waals surface area contributed by atoms with E-state index in [9.17, 15) is 23.3 Å². The van der Waals surface area contributed by atoms with Gasteiger partial charge in [-0.25, -0.2) is 0 Å². The molecule has 0 amide bonds. The highest BCUT2D eigenvalue weighted by atomic mass is 32.2. The number of aliphatic hydroxyl groups excluding tert-OH is 1. The van der Waals surface area contributed by atoms with Crippen LogP contribution in [0.15, 0.2) is 52.3 Å². The maximum absolute atomic E-state index is 12.6. The van der Waals surface area contributed by atoms with E-state index < -0.39 is 22.4 Å². The average molecular weight is 329 g/mol. The largest absolute Gasteiger partial charge is 0.416 e. The summed E-state index contributed by atoms with van der Waals surface area (Å²) in [5.41, 5.74) is -0.975. The number of nitrogens with zero attached hydrogens (tertiary/aromatic N) is 1. The third-order valence-corrected chi connectivity index (χ3v) is 3.89. The number of alkyl halides is 3. The van der Waals surface area contributed by atoms with Gasteiger partial charge in [0, 0.05) is 11.0 Å². The summed E-state index contributed by atoms with van der Waals surface area (Å²) >= 11 is 0.990. The Morgan fingerprint density at radius 3 is 2.27 bits per heavy atom. The molecule has 22 heavy (non-hydrogen) atoms. The lowest BCUT2D eigenvalue weighted by molar-refractivity contribution is -0.388. The maximum Gasteiger partial charge on any atom is 0.416 e. The number of halogens is 3. The van der Waals surface area contributed by atoms with Crippen LogP contribution >= 0.6 is 11.8 Å². The molecule has 0 saturated heterocycles. The van der Waals surface area contributed by atoms with E-state index in [4.69, 9.17) is 5.11 Å². The Bertz CT molecular complexity index is 687. The third-order valence-electron chi connectivity index (χ3n) is 2.82. The topological polar surface area (TPSA) is 63.4 Å². The van der Waals surface area contributed by atoms with Crippen LogP contribution in [0.4, 0.5) is 18.9 Å². The molecule has 2 rings (SSSR count). The molecule has 0 aromatic heterocycles. The van der Waals surface area contributed by atoms with Crippen LogP contribution in [0.25, 0.3) is 0 Å². The van der Waals surface area contributed by atoms with Crippen molar-refractivity contribution in [3.63, 3.8) is 0 Å². The fourth-order valence-corrected chi connectivity index (χ4v) is 2.61. The van der Waals surface area contributed by atoms with E-state index in [2.05, 4.69) is 0 Å². The normalized spacial score (nSPS) is 11.5. The van der Waals surface area contributed by atoms with Crippen LogP contribution < -0.4 is 0 Å². The molecular formula is C14H10F3NO3S. The predicted octanol–water partition coefficient (Wildman–Crippen LogP) is 4.26. The van der Waals surface area contributed by atoms with Gasteiger partial charge in [-0.05, 0) is 29.8 Å². The van der Waals surface area contributed by atoms with Gasteiger partial charge in [-0.2, -0.15) is 13.2 Å². The zero-order chi connectivity index (χ0) is 16.3. The molecule has 2 aromatic carbocycles.